The number of hydrogen-bond donors (Lipinski definition) is 1. The van der Waals surface area contributed by atoms with Gasteiger partial charge in [-0.25, -0.2) is 4.98 Å². The zero-order chi connectivity index (χ0) is 13.9. The van der Waals surface area contributed by atoms with Gasteiger partial charge in [-0.1, -0.05) is 19.1 Å². The third kappa shape index (κ3) is 3.16. The molecule has 1 aliphatic heterocycles. The molecule has 3 unspecified atom stereocenters. The molecule has 2 nitrogen and oxygen atoms in total. The van der Waals surface area contributed by atoms with Gasteiger partial charge >= 0.3 is 0 Å². The summed E-state index contributed by atoms with van der Waals surface area (Å²) in [6.07, 6.45) is 1.55. The molecule has 20 heavy (non-hydrogen) atoms. The van der Waals surface area contributed by atoms with Crippen molar-refractivity contribution in [3.05, 3.63) is 29.3 Å². The van der Waals surface area contributed by atoms with Crippen LogP contribution in [0.5, 0.6) is 0 Å². The number of benzene rings is 1. The molecular weight excluding hydrogens is 306 g/mol. The minimum Gasteiger partial charge on any atom is -0.391 e. The zero-order valence-corrected chi connectivity index (χ0v) is 13.9. The summed E-state index contributed by atoms with van der Waals surface area (Å²) >= 11 is 5.66. The monoisotopic (exact) mass is 325 g/mol. The molecule has 0 amide bonds. The molecule has 3 rings (SSSR count). The number of rotatable bonds is 4. The Kier molecular flexibility index (Phi) is 4.91. The maximum Gasteiger partial charge on any atom is 0.0964 e. The van der Waals surface area contributed by atoms with Crippen molar-refractivity contribution in [2.45, 2.75) is 36.4 Å². The van der Waals surface area contributed by atoms with E-state index in [4.69, 9.17) is 0 Å². The second-order valence-corrected chi connectivity index (χ2v) is 8.75. The van der Waals surface area contributed by atoms with E-state index in [-0.39, 0.29) is 6.10 Å². The van der Waals surface area contributed by atoms with Crippen molar-refractivity contribution in [1.29, 1.82) is 0 Å². The Morgan fingerprint density at radius 2 is 2.10 bits per heavy atom. The Balaban J connectivity index is 1.72. The Hall–Kier alpha value is -0.230. The Labute approximate surface area is 132 Å². The van der Waals surface area contributed by atoms with Gasteiger partial charge in [-0.2, -0.15) is 23.5 Å². The van der Waals surface area contributed by atoms with Gasteiger partial charge in [-0.3, -0.25) is 0 Å². The number of aliphatic hydroxyl groups is 1. The van der Waals surface area contributed by atoms with Gasteiger partial charge in [0.05, 0.1) is 21.3 Å². The summed E-state index contributed by atoms with van der Waals surface area (Å²) in [6, 6.07) is 8.20. The summed E-state index contributed by atoms with van der Waals surface area (Å²) in [5, 5.41) is 12.6. The van der Waals surface area contributed by atoms with Crippen LogP contribution in [0.1, 0.15) is 18.4 Å². The van der Waals surface area contributed by atoms with E-state index in [9.17, 15) is 5.11 Å². The van der Waals surface area contributed by atoms with Gasteiger partial charge < -0.3 is 5.11 Å². The molecular formula is C15H19NOS3. The highest BCUT2D eigenvalue weighted by Gasteiger charge is 2.31. The average Bonchev–Trinajstić information content (AvgIpc) is 2.89. The molecule has 1 fully saturated rings. The Morgan fingerprint density at radius 3 is 2.90 bits per heavy atom. The van der Waals surface area contributed by atoms with Crippen LogP contribution in [-0.4, -0.2) is 38.2 Å². The van der Waals surface area contributed by atoms with Gasteiger partial charge in [0.1, 0.15) is 0 Å². The minimum atomic E-state index is -0.279. The van der Waals surface area contributed by atoms with Crippen LogP contribution in [0.25, 0.3) is 10.2 Å². The van der Waals surface area contributed by atoms with Crippen LogP contribution in [0.4, 0.5) is 0 Å². The first-order chi connectivity index (χ1) is 9.78. The van der Waals surface area contributed by atoms with Crippen LogP contribution >= 0.6 is 34.9 Å². The fraction of sp³-hybridized carbons (Fsp3) is 0.533. The quantitative estimate of drug-likeness (QED) is 0.926. The minimum absolute atomic E-state index is 0.279. The molecule has 0 bridgehead atoms. The summed E-state index contributed by atoms with van der Waals surface area (Å²) in [5.74, 6) is 2.37. The van der Waals surface area contributed by atoms with Gasteiger partial charge in [0.2, 0.25) is 0 Å². The number of nitrogens with zero attached hydrogens (tertiary/aromatic N) is 1. The van der Waals surface area contributed by atoms with Crippen molar-refractivity contribution in [3.63, 3.8) is 0 Å². The molecule has 3 atom stereocenters. The molecule has 108 valence electrons. The first-order valence-corrected chi connectivity index (χ1v) is 9.95. The fourth-order valence-electron chi connectivity index (χ4n) is 2.60. The highest BCUT2D eigenvalue weighted by Crippen LogP contribution is 2.36. The highest BCUT2D eigenvalue weighted by atomic mass is 32.2. The van der Waals surface area contributed by atoms with E-state index in [2.05, 4.69) is 18.0 Å². The SMILES string of the molecule is CCC1SCCSC1C(O)Cc1nc2ccccc2s1. The lowest BCUT2D eigenvalue weighted by atomic mass is 10.1. The number of thioether (sulfide) groups is 2. The van der Waals surface area contributed by atoms with Crippen LogP contribution in [0.2, 0.25) is 0 Å². The molecule has 1 aromatic carbocycles. The summed E-state index contributed by atoms with van der Waals surface area (Å²) in [6.45, 7) is 2.22. The van der Waals surface area contributed by atoms with E-state index in [1.807, 2.05) is 41.7 Å². The number of fused-ring (bicyclic) bond motifs is 1. The van der Waals surface area contributed by atoms with Gasteiger partial charge in [0, 0.05) is 28.4 Å². The predicted octanol–water partition coefficient (Wildman–Crippen LogP) is 3.83. The largest absolute Gasteiger partial charge is 0.391 e. The highest BCUT2D eigenvalue weighted by molar-refractivity contribution is 8.07. The molecule has 0 radical (unpaired) electrons. The van der Waals surface area contributed by atoms with Gasteiger partial charge in [0.25, 0.3) is 0 Å². The van der Waals surface area contributed by atoms with E-state index >= 15 is 0 Å². The summed E-state index contributed by atoms with van der Waals surface area (Å²) in [5.41, 5.74) is 1.05. The number of thiazole rings is 1. The molecule has 1 saturated heterocycles. The van der Waals surface area contributed by atoms with E-state index < -0.39 is 0 Å². The number of aromatic nitrogens is 1. The van der Waals surface area contributed by atoms with Crippen LogP contribution in [0.3, 0.4) is 0 Å². The van der Waals surface area contributed by atoms with Crippen LogP contribution in [-0.2, 0) is 6.42 Å². The fourth-order valence-corrected chi connectivity index (χ4v) is 6.76. The number of hydrogen-bond acceptors (Lipinski definition) is 5. The molecule has 0 spiro atoms. The normalized spacial score (nSPS) is 24.9. The van der Waals surface area contributed by atoms with Crippen molar-refractivity contribution < 1.29 is 5.11 Å². The third-order valence-electron chi connectivity index (χ3n) is 3.60. The Morgan fingerprint density at radius 1 is 1.30 bits per heavy atom. The Bertz CT molecular complexity index is 538. The lowest BCUT2D eigenvalue weighted by Crippen LogP contribution is -2.37. The van der Waals surface area contributed by atoms with Crippen LogP contribution < -0.4 is 0 Å². The van der Waals surface area contributed by atoms with E-state index in [0.29, 0.717) is 16.9 Å². The zero-order valence-electron chi connectivity index (χ0n) is 11.5. The van der Waals surface area contributed by atoms with E-state index in [0.717, 1.165) is 22.7 Å². The van der Waals surface area contributed by atoms with Crippen molar-refractivity contribution in [1.82, 2.24) is 4.98 Å². The van der Waals surface area contributed by atoms with E-state index in [1.54, 1.807) is 11.3 Å². The molecule has 0 saturated carbocycles. The molecule has 1 aliphatic rings. The topological polar surface area (TPSA) is 33.1 Å². The smallest absolute Gasteiger partial charge is 0.0964 e. The van der Waals surface area contributed by atoms with Gasteiger partial charge in [-0.05, 0) is 18.6 Å². The molecule has 5 heteroatoms. The lowest BCUT2D eigenvalue weighted by molar-refractivity contribution is 0.169. The third-order valence-corrected chi connectivity index (χ3v) is 8.05. The number of aliphatic hydroxyl groups excluding tert-OH is 1. The standard InChI is InChI=1S/C15H19NOS3/c1-2-12-15(19-8-7-18-12)11(17)9-14-16-10-5-3-4-6-13(10)20-14/h3-6,11-12,15,17H,2,7-9H2,1H3. The lowest BCUT2D eigenvalue weighted by Gasteiger charge is -2.33. The second kappa shape index (κ2) is 6.69. The molecule has 2 heterocycles. The van der Waals surface area contributed by atoms with Gasteiger partial charge in [-0.15, -0.1) is 11.3 Å². The summed E-state index contributed by atoms with van der Waals surface area (Å²) < 4.78 is 1.22. The van der Waals surface area contributed by atoms with Crippen LogP contribution in [0.15, 0.2) is 24.3 Å². The summed E-state index contributed by atoms with van der Waals surface area (Å²) in [4.78, 5) is 4.64. The van der Waals surface area contributed by atoms with Crippen LogP contribution in [0, 0.1) is 0 Å². The molecule has 2 aromatic rings. The van der Waals surface area contributed by atoms with Crippen molar-refractivity contribution in [2.75, 3.05) is 11.5 Å². The van der Waals surface area contributed by atoms with Gasteiger partial charge in [0.15, 0.2) is 0 Å². The molecule has 1 aromatic heterocycles. The number of para-hydroxylation sites is 1. The molecule has 1 N–H and O–H groups in total. The van der Waals surface area contributed by atoms with Crippen molar-refractivity contribution in [3.8, 4) is 0 Å². The summed E-state index contributed by atoms with van der Waals surface area (Å²) in [7, 11) is 0. The average molecular weight is 326 g/mol. The van der Waals surface area contributed by atoms with E-state index in [1.165, 1.54) is 10.5 Å². The maximum atomic E-state index is 10.6. The van der Waals surface area contributed by atoms with Crippen molar-refractivity contribution >= 4 is 45.1 Å². The molecule has 0 aliphatic carbocycles. The first-order valence-electron chi connectivity index (χ1n) is 7.03. The van der Waals surface area contributed by atoms with Crippen molar-refractivity contribution in [2.24, 2.45) is 0 Å². The second-order valence-electron chi connectivity index (χ2n) is 5.00. The maximum absolute atomic E-state index is 10.6. The predicted molar refractivity (Wildman–Crippen MR) is 92.1 cm³/mol. The first kappa shape index (κ1) is 14.7.